The largest absolute Gasteiger partial charge is 0.241 e. The van der Waals surface area contributed by atoms with Crippen LogP contribution in [0.2, 0.25) is 5.02 Å². The lowest BCUT2D eigenvalue weighted by atomic mass is 10.0. The molecule has 0 saturated heterocycles. The first-order valence-corrected chi connectivity index (χ1v) is 8.23. The smallest absolute Gasteiger partial charge is 0.207 e. The van der Waals surface area contributed by atoms with Gasteiger partial charge in [0.25, 0.3) is 0 Å². The monoisotopic (exact) mass is 329 g/mol. The van der Waals surface area contributed by atoms with Crippen molar-refractivity contribution in [2.75, 3.05) is 11.8 Å². The predicted octanol–water partition coefficient (Wildman–Crippen LogP) is 3.24. The minimum atomic E-state index is -3.68. The van der Waals surface area contributed by atoms with Gasteiger partial charge in [0.1, 0.15) is 0 Å². The number of rotatable bonds is 6. The van der Waals surface area contributed by atoms with Gasteiger partial charge in [-0.25, -0.2) is 13.1 Å². The molecule has 0 unspecified atom stereocenters. The van der Waals surface area contributed by atoms with Gasteiger partial charge in [-0.3, -0.25) is 0 Å². The number of hydrogen-bond acceptors (Lipinski definition) is 2. The minimum Gasteiger partial charge on any atom is -0.207 e. The van der Waals surface area contributed by atoms with Crippen LogP contribution >= 0.6 is 34.8 Å². The molecule has 1 rings (SSSR count). The molecule has 0 aliphatic heterocycles. The first kappa shape index (κ1) is 16.1. The fraction of sp³-hybridized carbons (Fsp3) is 0.455. The van der Waals surface area contributed by atoms with E-state index in [0.29, 0.717) is 11.4 Å². The highest BCUT2D eigenvalue weighted by atomic mass is 35.5. The van der Waals surface area contributed by atoms with E-state index in [1.54, 1.807) is 12.1 Å². The fourth-order valence-corrected chi connectivity index (χ4v) is 4.06. The van der Waals surface area contributed by atoms with E-state index in [2.05, 4.69) is 4.72 Å². The summed E-state index contributed by atoms with van der Waals surface area (Å²) in [6.07, 6.45) is 0.500. The van der Waals surface area contributed by atoms with Crippen LogP contribution in [0.1, 0.15) is 13.3 Å². The molecule has 0 bridgehead atoms. The lowest BCUT2D eigenvalue weighted by Gasteiger charge is -2.29. The Bertz CT molecular complexity index is 493. The maximum absolute atomic E-state index is 12.2. The molecule has 1 N–H and O–H groups in total. The van der Waals surface area contributed by atoms with Gasteiger partial charge < -0.3 is 0 Å². The topological polar surface area (TPSA) is 46.2 Å². The molecule has 0 aliphatic rings. The molecule has 0 fully saturated rings. The summed E-state index contributed by atoms with van der Waals surface area (Å²) < 4.78 is 26.9. The molecule has 0 spiro atoms. The van der Waals surface area contributed by atoms with Gasteiger partial charge >= 0.3 is 0 Å². The van der Waals surface area contributed by atoms with Crippen LogP contribution in [0.3, 0.4) is 0 Å². The van der Waals surface area contributed by atoms with Crippen LogP contribution in [0, 0.1) is 0 Å². The maximum atomic E-state index is 12.2. The third-order valence-electron chi connectivity index (χ3n) is 2.65. The van der Waals surface area contributed by atoms with Gasteiger partial charge in [-0.2, -0.15) is 0 Å². The van der Waals surface area contributed by atoms with Gasteiger partial charge in [0, 0.05) is 16.8 Å². The van der Waals surface area contributed by atoms with E-state index in [-0.39, 0.29) is 16.7 Å². The van der Waals surface area contributed by atoms with E-state index in [1.807, 2.05) is 6.92 Å². The minimum absolute atomic E-state index is 0.100. The first-order chi connectivity index (χ1) is 8.39. The van der Waals surface area contributed by atoms with Crippen molar-refractivity contribution < 1.29 is 8.42 Å². The molecule has 0 saturated carbocycles. The summed E-state index contributed by atoms with van der Waals surface area (Å²) in [6.45, 7) is 1.82. The van der Waals surface area contributed by atoms with E-state index in [0.717, 1.165) is 0 Å². The second-order valence-electron chi connectivity index (χ2n) is 3.96. The Morgan fingerprint density at radius 2 is 1.89 bits per heavy atom. The lowest BCUT2D eigenvalue weighted by Crippen LogP contribution is -2.51. The Morgan fingerprint density at radius 3 is 2.33 bits per heavy atom. The number of sulfonamides is 1. The molecule has 0 atom stereocenters. The third-order valence-corrected chi connectivity index (χ3v) is 5.48. The van der Waals surface area contributed by atoms with E-state index in [1.165, 1.54) is 12.1 Å². The SMILES string of the molecule is CCC(CCl)(CCl)NS(=O)(=O)c1cccc(Cl)c1. The molecule has 0 amide bonds. The van der Waals surface area contributed by atoms with Crippen molar-refractivity contribution in [1.29, 1.82) is 0 Å². The molecule has 102 valence electrons. The molecular weight excluding hydrogens is 317 g/mol. The molecule has 0 aliphatic carbocycles. The van der Waals surface area contributed by atoms with E-state index in [4.69, 9.17) is 34.8 Å². The zero-order valence-corrected chi connectivity index (χ0v) is 12.9. The summed E-state index contributed by atoms with van der Waals surface area (Å²) in [5.41, 5.74) is -0.843. The second kappa shape index (κ2) is 6.44. The van der Waals surface area contributed by atoms with Crippen LogP contribution in [-0.2, 0) is 10.0 Å². The normalized spacial score (nSPS) is 12.7. The molecule has 3 nitrogen and oxygen atoms in total. The molecule has 1 aromatic carbocycles. The number of halogens is 3. The zero-order chi connectivity index (χ0) is 13.8. The van der Waals surface area contributed by atoms with Gasteiger partial charge in [-0.05, 0) is 24.6 Å². The predicted molar refractivity (Wildman–Crippen MR) is 76.2 cm³/mol. The van der Waals surface area contributed by atoms with Crippen molar-refractivity contribution >= 4 is 44.8 Å². The Morgan fingerprint density at radius 1 is 1.28 bits per heavy atom. The molecule has 1 aromatic rings. The van der Waals surface area contributed by atoms with Gasteiger partial charge in [-0.15, -0.1) is 23.2 Å². The highest BCUT2D eigenvalue weighted by Gasteiger charge is 2.32. The highest BCUT2D eigenvalue weighted by molar-refractivity contribution is 7.89. The van der Waals surface area contributed by atoms with E-state index in [9.17, 15) is 8.42 Å². The average molecular weight is 331 g/mol. The zero-order valence-electron chi connectivity index (χ0n) is 9.79. The summed E-state index contributed by atoms with van der Waals surface area (Å²) in [6, 6.07) is 6.03. The molecule has 0 aromatic heterocycles. The van der Waals surface area contributed by atoms with Gasteiger partial charge in [0.05, 0.1) is 10.4 Å². The van der Waals surface area contributed by atoms with Gasteiger partial charge in [-0.1, -0.05) is 24.6 Å². The van der Waals surface area contributed by atoms with E-state index >= 15 is 0 Å². The molecule has 18 heavy (non-hydrogen) atoms. The maximum Gasteiger partial charge on any atom is 0.241 e. The Balaban J connectivity index is 3.08. The quantitative estimate of drug-likeness (QED) is 0.814. The van der Waals surface area contributed by atoms with Crippen molar-refractivity contribution in [2.24, 2.45) is 0 Å². The second-order valence-corrected chi connectivity index (χ2v) is 6.62. The van der Waals surface area contributed by atoms with E-state index < -0.39 is 15.6 Å². The van der Waals surface area contributed by atoms with Crippen molar-refractivity contribution in [3.8, 4) is 0 Å². The summed E-state index contributed by atoms with van der Waals surface area (Å²) >= 11 is 17.4. The lowest BCUT2D eigenvalue weighted by molar-refractivity contribution is 0.449. The van der Waals surface area contributed by atoms with Crippen molar-refractivity contribution in [3.63, 3.8) is 0 Å². The van der Waals surface area contributed by atoms with Gasteiger partial charge in [0.2, 0.25) is 10.0 Å². The van der Waals surface area contributed by atoms with Crippen molar-refractivity contribution in [3.05, 3.63) is 29.3 Å². The van der Waals surface area contributed by atoms with Crippen LogP contribution < -0.4 is 4.72 Å². The first-order valence-electron chi connectivity index (χ1n) is 5.30. The molecule has 0 heterocycles. The van der Waals surface area contributed by atoms with Gasteiger partial charge in [0.15, 0.2) is 0 Å². The van der Waals surface area contributed by atoms with Crippen LogP contribution in [0.15, 0.2) is 29.2 Å². The van der Waals surface area contributed by atoms with Crippen LogP contribution in [0.4, 0.5) is 0 Å². The average Bonchev–Trinajstić information content (AvgIpc) is 2.36. The van der Waals surface area contributed by atoms with Crippen LogP contribution in [0.5, 0.6) is 0 Å². The Kier molecular flexibility index (Phi) is 5.74. The molecule has 0 radical (unpaired) electrons. The summed E-state index contributed by atoms with van der Waals surface area (Å²) in [4.78, 5) is 0.100. The Hall–Kier alpha value is -0.000000000000000111. The summed E-state index contributed by atoms with van der Waals surface area (Å²) in [5, 5.41) is 0.358. The number of benzene rings is 1. The summed E-state index contributed by atoms with van der Waals surface area (Å²) in [5.74, 6) is 0.208. The standard InChI is InChI=1S/C11H14Cl3NO2S/c1-2-11(7-12,8-13)15-18(16,17)10-5-3-4-9(14)6-10/h3-6,15H,2,7-8H2,1H3. The van der Waals surface area contributed by atoms with Crippen molar-refractivity contribution in [2.45, 2.75) is 23.8 Å². The molecular formula is C11H14Cl3NO2S. The highest BCUT2D eigenvalue weighted by Crippen LogP contribution is 2.21. The van der Waals surface area contributed by atoms with Crippen LogP contribution in [0.25, 0.3) is 0 Å². The van der Waals surface area contributed by atoms with Crippen LogP contribution in [-0.4, -0.2) is 25.7 Å². The third kappa shape index (κ3) is 3.75. The fourth-order valence-electron chi connectivity index (χ4n) is 1.33. The number of nitrogens with one attached hydrogen (secondary N) is 1. The van der Waals surface area contributed by atoms with Crippen molar-refractivity contribution in [1.82, 2.24) is 4.72 Å². The number of hydrogen-bond donors (Lipinski definition) is 1. The molecule has 7 heteroatoms. The number of alkyl halides is 2. The Labute approximate surface area is 122 Å². The summed E-state index contributed by atoms with van der Waals surface area (Å²) in [7, 11) is -3.68.